The first-order valence-electron chi connectivity index (χ1n) is 11.7. The second-order valence-electron chi connectivity index (χ2n) is 9.58. The zero-order chi connectivity index (χ0) is 26.6. The number of morpholine rings is 1. The molecule has 0 unspecified atom stereocenters. The van der Waals surface area contributed by atoms with Gasteiger partial charge in [0.05, 0.1) is 19.6 Å². The molecular formula is C27H31Cl2NO6. The van der Waals surface area contributed by atoms with E-state index in [1.54, 1.807) is 70.2 Å². The summed E-state index contributed by atoms with van der Waals surface area (Å²) >= 11 is 12.4. The Hall–Kier alpha value is -2.61. The van der Waals surface area contributed by atoms with Crippen molar-refractivity contribution in [1.29, 1.82) is 0 Å². The maximum atomic E-state index is 13.9. The highest BCUT2D eigenvalue weighted by Crippen LogP contribution is 2.45. The van der Waals surface area contributed by atoms with Crippen LogP contribution in [0.4, 0.5) is 0 Å². The van der Waals surface area contributed by atoms with Crippen LogP contribution in [-0.4, -0.2) is 47.6 Å². The molecule has 0 saturated carbocycles. The van der Waals surface area contributed by atoms with Gasteiger partial charge in [0.25, 0.3) is 5.91 Å². The maximum Gasteiger partial charge on any atom is 0.329 e. The molecule has 1 aliphatic heterocycles. The molecule has 7 nitrogen and oxygen atoms in total. The fourth-order valence-corrected chi connectivity index (χ4v) is 4.59. The van der Waals surface area contributed by atoms with Crippen molar-refractivity contribution in [3.05, 3.63) is 69.7 Å². The largest absolute Gasteiger partial charge is 0.469 e. The van der Waals surface area contributed by atoms with Crippen LogP contribution in [0, 0.1) is 0 Å². The zero-order valence-electron chi connectivity index (χ0n) is 21.0. The minimum Gasteiger partial charge on any atom is -0.469 e. The summed E-state index contributed by atoms with van der Waals surface area (Å²) in [7, 11) is 1.24. The van der Waals surface area contributed by atoms with Gasteiger partial charge in [0.1, 0.15) is 23.9 Å². The van der Waals surface area contributed by atoms with Gasteiger partial charge >= 0.3 is 11.9 Å². The molecule has 1 heterocycles. The molecule has 1 aliphatic rings. The monoisotopic (exact) mass is 535 g/mol. The number of esters is 2. The molecule has 2 aromatic rings. The Kier molecular flexibility index (Phi) is 9.03. The number of carbonyl (C=O) groups is 3. The molecule has 3 rings (SSSR count). The van der Waals surface area contributed by atoms with E-state index in [1.807, 2.05) is 6.07 Å². The van der Waals surface area contributed by atoms with E-state index in [2.05, 4.69) is 0 Å². The van der Waals surface area contributed by atoms with Gasteiger partial charge in [0, 0.05) is 10.0 Å². The van der Waals surface area contributed by atoms with Crippen molar-refractivity contribution >= 4 is 41.0 Å². The van der Waals surface area contributed by atoms with Gasteiger partial charge in [-0.2, -0.15) is 0 Å². The molecule has 1 saturated heterocycles. The van der Waals surface area contributed by atoms with Gasteiger partial charge in [-0.1, -0.05) is 54.4 Å². The van der Waals surface area contributed by atoms with Crippen LogP contribution in [0.3, 0.4) is 0 Å². The predicted octanol–water partition coefficient (Wildman–Crippen LogP) is 5.69. The highest BCUT2D eigenvalue weighted by Gasteiger charge is 2.49. The first-order chi connectivity index (χ1) is 16.9. The number of methoxy groups -OCH3 is 1. The molecule has 0 aliphatic carbocycles. The molecule has 0 spiro atoms. The van der Waals surface area contributed by atoms with E-state index in [1.165, 1.54) is 12.0 Å². The molecule has 9 heteroatoms. The molecule has 2 aromatic carbocycles. The summed E-state index contributed by atoms with van der Waals surface area (Å²) in [6, 6.07) is 12.4. The number of benzene rings is 2. The smallest absolute Gasteiger partial charge is 0.329 e. The lowest BCUT2D eigenvalue weighted by Gasteiger charge is -2.47. The fraction of sp³-hybridized carbons (Fsp3) is 0.444. The third-order valence-corrected chi connectivity index (χ3v) is 6.28. The third kappa shape index (κ3) is 6.58. The molecule has 0 aromatic heterocycles. The van der Waals surface area contributed by atoms with E-state index in [0.717, 1.165) is 0 Å². The number of amides is 1. The van der Waals surface area contributed by atoms with E-state index in [9.17, 15) is 14.4 Å². The molecule has 0 bridgehead atoms. The average molecular weight is 536 g/mol. The van der Waals surface area contributed by atoms with E-state index >= 15 is 0 Å². The summed E-state index contributed by atoms with van der Waals surface area (Å²) in [5, 5.41) is 1.01. The number of hydrogen-bond acceptors (Lipinski definition) is 6. The van der Waals surface area contributed by atoms with Gasteiger partial charge in [-0.05, 0) is 62.6 Å². The Labute approximate surface area is 221 Å². The Balaban J connectivity index is 2.19. The molecule has 1 fully saturated rings. The number of rotatable bonds is 7. The van der Waals surface area contributed by atoms with E-state index < -0.39 is 47.7 Å². The second kappa shape index (κ2) is 11.6. The summed E-state index contributed by atoms with van der Waals surface area (Å²) in [5.74, 6) is -1.65. The van der Waals surface area contributed by atoms with Crippen molar-refractivity contribution in [2.24, 2.45) is 0 Å². The zero-order valence-corrected chi connectivity index (χ0v) is 22.5. The van der Waals surface area contributed by atoms with Crippen LogP contribution in [0.2, 0.25) is 10.0 Å². The lowest BCUT2D eigenvalue weighted by molar-refractivity contribution is -0.191. The number of ether oxygens (including phenoxy) is 3. The minimum atomic E-state index is -1.17. The number of halogens is 2. The van der Waals surface area contributed by atoms with E-state index in [4.69, 9.17) is 37.4 Å². The van der Waals surface area contributed by atoms with Gasteiger partial charge in [-0.25, -0.2) is 4.79 Å². The molecule has 0 N–H and O–H groups in total. The Morgan fingerprint density at radius 2 is 1.72 bits per heavy atom. The Morgan fingerprint density at radius 3 is 2.28 bits per heavy atom. The summed E-state index contributed by atoms with van der Waals surface area (Å²) in [6.07, 6.45) is -1.92. The van der Waals surface area contributed by atoms with Crippen molar-refractivity contribution < 1.29 is 28.6 Å². The highest BCUT2D eigenvalue weighted by atomic mass is 35.5. The van der Waals surface area contributed by atoms with Crippen LogP contribution in [0.25, 0.3) is 0 Å². The minimum absolute atomic E-state index is 0.290. The topological polar surface area (TPSA) is 82.1 Å². The number of nitrogens with zero attached hydrogens (tertiary/aromatic N) is 1. The molecule has 36 heavy (non-hydrogen) atoms. The maximum absolute atomic E-state index is 13.9. The molecular weight excluding hydrogens is 505 g/mol. The first-order valence-corrected chi connectivity index (χ1v) is 12.5. The quantitative estimate of drug-likeness (QED) is 0.423. The van der Waals surface area contributed by atoms with Crippen molar-refractivity contribution in [3.8, 4) is 0 Å². The first kappa shape index (κ1) is 28.0. The lowest BCUT2D eigenvalue weighted by Crippen LogP contribution is -2.57. The summed E-state index contributed by atoms with van der Waals surface area (Å²) in [6.45, 7) is 7.11. The molecule has 1 amide bonds. The summed E-state index contributed by atoms with van der Waals surface area (Å²) in [5.41, 5.74) is 0.637. The van der Waals surface area contributed by atoms with Crippen LogP contribution in [0.5, 0.6) is 0 Å². The van der Waals surface area contributed by atoms with Crippen LogP contribution < -0.4 is 0 Å². The van der Waals surface area contributed by atoms with Gasteiger partial charge in [-0.15, -0.1) is 0 Å². The fourth-order valence-electron chi connectivity index (χ4n) is 4.26. The van der Waals surface area contributed by atoms with Crippen LogP contribution in [0.1, 0.15) is 63.8 Å². The normalized spacial score (nSPS) is 21.1. The summed E-state index contributed by atoms with van der Waals surface area (Å²) in [4.78, 5) is 40.9. The lowest BCUT2D eigenvalue weighted by atomic mass is 9.89. The molecule has 4 atom stereocenters. The Bertz CT molecular complexity index is 1100. The number of hydrogen-bond donors (Lipinski definition) is 0. The van der Waals surface area contributed by atoms with Crippen LogP contribution >= 0.6 is 23.2 Å². The molecule has 0 radical (unpaired) electrons. The molecule has 194 valence electrons. The van der Waals surface area contributed by atoms with E-state index in [-0.39, 0.29) is 12.8 Å². The van der Waals surface area contributed by atoms with Gasteiger partial charge in [0.15, 0.2) is 0 Å². The predicted molar refractivity (Wildman–Crippen MR) is 137 cm³/mol. The SMILES string of the molecule is CC[C@@H](C(=O)OC(C)(C)C)N1C(=O)[C@H](CC(=O)OC)O[C@H](c2cccc(Cl)c2)[C@H]1c1ccc(Cl)cc1. The van der Waals surface area contributed by atoms with Crippen molar-refractivity contribution in [1.82, 2.24) is 4.90 Å². The Morgan fingerprint density at radius 1 is 1.06 bits per heavy atom. The second-order valence-corrected chi connectivity index (χ2v) is 10.5. The van der Waals surface area contributed by atoms with Gasteiger partial charge < -0.3 is 19.1 Å². The summed E-state index contributed by atoms with van der Waals surface area (Å²) < 4.78 is 16.8. The standard InChI is InChI=1S/C27H31Cl2NO6/c1-6-20(26(33)36-27(2,3)4)30-23(16-10-12-18(28)13-11-16)24(17-8-7-9-19(29)14-17)35-21(25(30)32)15-22(31)34-5/h7-14,20-21,23-24H,6,15H2,1-5H3/t20-,21-,23+,24+/m0/s1. The van der Waals surface area contributed by atoms with Gasteiger partial charge in [0.2, 0.25) is 0 Å². The van der Waals surface area contributed by atoms with Crippen molar-refractivity contribution in [2.45, 2.75) is 70.4 Å². The van der Waals surface area contributed by atoms with Gasteiger partial charge in [-0.3, -0.25) is 9.59 Å². The number of carbonyl (C=O) groups excluding carboxylic acids is 3. The van der Waals surface area contributed by atoms with Crippen LogP contribution in [0.15, 0.2) is 48.5 Å². The third-order valence-electron chi connectivity index (χ3n) is 5.80. The van der Waals surface area contributed by atoms with Crippen molar-refractivity contribution in [2.75, 3.05) is 7.11 Å². The average Bonchev–Trinajstić information content (AvgIpc) is 2.81. The van der Waals surface area contributed by atoms with Crippen molar-refractivity contribution in [3.63, 3.8) is 0 Å². The van der Waals surface area contributed by atoms with Crippen LogP contribution in [-0.2, 0) is 28.6 Å². The highest BCUT2D eigenvalue weighted by molar-refractivity contribution is 6.30. The van der Waals surface area contributed by atoms with E-state index in [0.29, 0.717) is 21.2 Å².